The molecule has 0 fully saturated rings. The number of nitrogens with one attached hydrogen (secondary N) is 1. The van der Waals surface area contributed by atoms with Crippen molar-refractivity contribution in [2.24, 2.45) is 5.84 Å². The van der Waals surface area contributed by atoms with Crippen LogP contribution in [0.4, 0.5) is 13.2 Å². The van der Waals surface area contributed by atoms with Crippen LogP contribution in [-0.4, -0.2) is 12.0 Å². The topological polar surface area (TPSA) is 64.3 Å². The lowest BCUT2D eigenvalue weighted by molar-refractivity contribution is -0.137. The molecule has 1 aromatic carbocycles. The molecule has 7 heteroatoms. The first-order valence-electron chi connectivity index (χ1n) is 5.72. The summed E-state index contributed by atoms with van der Waals surface area (Å²) >= 11 is 0. The largest absolute Gasteiger partial charge is 0.481 e. The predicted molar refractivity (Wildman–Crippen MR) is 63.1 cm³/mol. The van der Waals surface area contributed by atoms with E-state index in [-0.39, 0.29) is 5.75 Å². The molecule has 0 aromatic heterocycles. The van der Waals surface area contributed by atoms with E-state index < -0.39 is 23.8 Å². The van der Waals surface area contributed by atoms with E-state index >= 15 is 0 Å². The summed E-state index contributed by atoms with van der Waals surface area (Å²) in [6.45, 7) is 1.85. The Morgan fingerprint density at radius 1 is 1.37 bits per heavy atom. The van der Waals surface area contributed by atoms with Gasteiger partial charge in [0.15, 0.2) is 6.10 Å². The van der Waals surface area contributed by atoms with Gasteiger partial charge in [-0.15, -0.1) is 0 Å². The third-order valence-electron chi connectivity index (χ3n) is 2.45. The van der Waals surface area contributed by atoms with Gasteiger partial charge in [-0.25, -0.2) is 5.84 Å². The van der Waals surface area contributed by atoms with E-state index in [4.69, 9.17) is 10.6 Å². The number of nitrogens with two attached hydrogens (primary N) is 1. The molecule has 0 bridgehead atoms. The molecule has 1 rings (SSSR count). The summed E-state index contributed by atoms with van der Waals surface area (Å²) in [5, 5.41) is 0. The molecule has 0 aliphatic heterocycles. The van der Waals surface area contributed by atoms with Gasteiger partial charge in [0.1, 0.15) is 5.75 Å². The fraction of sp³-hybridized carbons (Fsp3) is 0.417. The standard InChI is InChI=1S/C12H15F3N2O2/c1-2-3-10(11(18)17-16)19-9-6-4-8(5-7-9)12(13,14)15/h4-7,10H,2-3,16H2,1H3,(H,17,18). The van der Waals surface area contributed by atoms with Gasteiger partial charge in [0.25, 0.3) is 5.91 Å². The van der Waals surface area contributed by atoms with Gasteiger partial charge in [-0.3, -0.25) is 10.2 Å². The highest BCUT2D eigenvalue weighted by atomic mass is 19.4. The van der Waals surface area contributed by atoms with Gasteiger partial charge >= 0.3 is 6.18 Å². The van der Waals surface area contributed by atoms with Crippen LogP contribution in [0.3, 0.4) is 0 Å². The minimum Gasteiger partial charge on any atom is -0.481 e. The highest BCUT2D eigenvalue weighted by Crippen LogP contribution is 2.30. The zero-order valence-corrected chi connectivity index (χ0v) is 10.3. The van der Waals surface area contributed by atoms with Crippen LogP contribution >= 0.6 is 0 Å². The molecular weight excluding hydrogens is 261 g/mol. The Balaban J connectivity index is 2.78. The molecule has 3 N–H and O–H groups in total. The molecule has 0 radical (unpaired) electrons. The highest BCUT2D eigenvalue weighted by Gasteiger charge is 2.30. The van der Waals surface area contributed by atoms with Crippen LogP contribution in [0, 0.1) is 0 Å². The molecule has 4 nitrogen and oxygen atoms in total. The molecule has 1 unspecified atom stereocenters. The fourth-order valence-electron chi connectivity index (χ4n) is 1.49. The fourth-order valence-corrected chi connectivity index (χ4v) is 1.49. The van der Waals surface area contributed by atoms with Crippen molar-refractivity contribution in [2.75, 3.05) is 0 Å². The number of hydrazine groups is 1. The number of halogens is 3. The number of amides is 1. The van der Waals surface area contributed by atoms with Crippen LogP contribution in [0.25, 0.3) is 0 Å². The number of carbonyl (C=O) groups excluding carboxylic acids is 1. The van der Waals surface area contributed by atoms with E-state index in [0.29, 0.717) is 12.8 Å². The second kappa shape index (κ2) is 6.42. The molecule has 0 heterocycles. The van der Waals surface area contributed by atoms with Gasteiger partial charge in [0.2, 0.25) is 0 Å². The van der Waals surface area contributed by atoms with Crippen LogP contribution < -0.4 is 16.0 Å². The van der Waals surface area contributed by atoms with Crippen molar-refractivity contribution in [3.8, 4) is 5.75 Å². The van der Waals surface area contributed by atoms with E-state index in [1.165, 1.54) is 12.1 Å². The molecule has 0 saturated heterocycles. The maximum atomic E-state index is 12.4. The third-order valence-corrected chi connectivity index (χ3v) is 2.45. The van der Waals surface area contributed by atoms with Gasteiger partial charge in [-0.2, -0.15) is 13.2 Å². The maximum absolute atomic E-state index is 12.4. The van der Waals surface area contributed by atoms with Crippen molar-refractivity contribution >= 4 is 5.91 Å². The van der Waals surface area contributed by atoms with Crippen LogP contribution in [0.5, 0.6) is 5.75 Å². The van der Waals surface area contributed by atoms with E-state index in [9.17, 15) is 18.0 Å². The first-order valence-corrected chi connectivity index (χ1v) is 5.72. The summed E-state index contributed by atoms with van der Waals surface area (Å²) in [4.78, 5) is 11.4. The molecule has 19 heavy (non-hydrogen) atoms. The first-order chi connectivity index (χ1) is 8.88. The van der Waals surface area contributed by atoms with E-state index in [1.807, 2.05) is 12.3 Å². The number of benzene rings is 1. The number of hydrogen-bond acceptors (Lipinski definition) is 3. The summed E-state index contributed by atoms with van der Waals surface area (Å²) in [6, 6.07) is 4.15. The Morgan fingerprint density at radius 2 is 1.95 bits per heavy atom. The minimum absolute atomic E-state index is 0.190. The Hall–Kier alpha value is -1.76. The Labute approximate surface area is 108 Å². The monoisotopic (exact) mass is 276 g/mol. The lowest BCUT2D eigenvalue weighted by Crippen LogP contribution is -2.42. The Bertz CT molecular complexity index is 418. The maximum Gasteiger partial charge on any atom is 0.416 e. The van der Waals surface area contributed by atoms with E-state index in [0.717, 1.165) is 12.1 Å². The number of ether oxygens (including phenoxy) is 1. The molecule has 0 saturated carbocycles. The molecule has 1 aromatic rings. The van der Waals surface area contributed by atoms with Crippen molar-refractivity contribution in [1.29, 1.82) is 0 Å². The normalized spacial score (nSPS) is 12.9. The zero-order valence-electron chi connectivity index (χ0n) is 10.3. The molecule has 0 spiro atoms. The molecular formula is C12H15F3N2O2. The van der Waals surface area contributed by atoms with E-state index in [1.54, 1.807) is 0 Å². The predicted octanol–water partition coefficient (Wildman–Crippen LogP) is 2.24. The summed E-state index contributed by atoms with van der Waals surface area (Å²) < 4.78 is 42.4. The molecule has 0 aliphatic carbocycles. The van der Waals surface area contributed by atoms with Crippen molar-refractivity contribution in [1.82, 2.24) is 5.43 Å². The average molecular weight is 276 g/mol. The lowest BCUT2D eigenvalue weighted by atomic mass is 10.2. The number of carbonyl (C=O) groups is 1. The molecule has 1 atom stereocenters. The summed E-state index contributed by atoms with van der Waals surface area (Å²) in [5.41, 5.74) is 1.19. The second-order valence-corrected chi connectivity index (χ2v) is 3.93. The highest BCUT2D eigenvalue weighted by molar-refractivity contribution is 5.80. The minimum atomic E-state index is -4.39. The molecule has 1 amide bonds. The zero-order chi connectivity index (χ0) is 14.5. The van der Waals surface area contributed by atoms with Crippen molar-refractivity contribution in [2.45, 2.75) is 32.0 Å². The summed E-state index contributed by atoms with van der Waals surface area (Å²) in [7, 11) is 0. The van der Waals surface area contributed by atoms with Crippen molar-refractivity contribution in [3.05, 3.63) is 29.8 Å². The number of hydrogen-bond donors (Lipinski definition) is 2. The van der Waals surface area contributed by atoms with Gasteiger partial charge in [0, 0.05) is 0 Å². The summed E-state index contributed by atoms with van der Waals surface area (Å²) in [6.07, 6.45) is -4.11. The third kappa shape index (κ3) is 4.44. The Kier molecular flexibility index (Phi) is 5.17. The Morgan fingerprint density at radius 3 is 2.37 bits per heavy atom. The van der Waals surface area contributed by atoms with Crippen molar-refractivity contribution in [3.63, 3.8) is 0 Å². The second-order valence-electron chi connectivity index (χ2n) is 3.93. The van der Waals surface area contributed by atoms with Crippen LogP contribution in [0.2, 0.25) is 0 Å². The smallest absolute Gasteiger partial charge is 0.416 e. The van der Waals surface area contributed by atoms with Gasteiger partial charge in [0.05, 0.1) is 5.56 Å². The van der Waals surface area contributed by atoms with Gasteiger partial charge in [-0.05, 0) is 30.7 Å². The van der Waals surface area contributed by atoms with Crippen LogP contribution in [0.1, 0.15) is 25.3 Å². The first kappa shape index (κ1) is 15.3. The SMILES string of the molecule is CCCC(Oc1ccc(C(F)(F)F)cc1)C(=O)NN. The van der Waals surface area contributed by atoms with Gasteiger partial charge in [-0.1, -0.05) is 13.3 Å². The van der Waals surface area contributed by atoms with Gasteiger partial charge < -0.3 is 4.74 Å². The lowest BCUT2D eigenvalue weighted by Gasteiger charge is -2.17. The van der Waals surface area contributed by atoms with Crippen LogP contribution in [-0.2, 0) is 11.0 Å². The average Bonchev–Trinajstić information content (AvgIpc) is 2.37. The van der Waals surface area contributed by atoms with Crippen LogP contribution in [0.15, 0.2) is 24.3 Å². The van der Waals surface area contributed by atoms with Crippen molar-refractivity contribution < 1.29 is 22.7 Å². The summed E-state index contributed by atoms with van der Waals surface area (Å²) in [5.74, 6) is 4.69. The molecule has 106 valence electrons. The number of alkyl halides is 3. The quantitative estimate of drug-likeness (QED) is 0.492. The number of rotatable bonds is 5. The molecule has 0 aliphatic rings. The van der Waals surface area contributed by atoms with E-state index in [2.05, 4.69) is 0 Å².